The molecule has 2 rings (SSSR count). The number of hydrogen-bond acceptors (Lipinski definition) is 4. The minimum atomic E-state index is -0.366. The van der Waals surface area contributed by atoms with E-state index in [9.17, 15) is 4.79 Å². The summed E-state index contributed by atoms with van der Waals surface area (Å²) in [5.41, 5.74) is 4.12. The van der Waals surface area contributed by atoms with Gasteiger partial charge in [-0.25, -0.2) is 5.43 Å². The fourth-order valence-electron chi connectivity index (χ4n) is 1.49. The van der Waals surface area contributed by atoms with Crippen molar-refractivity contribution >= 4 is 12.1 Å². The van der Waals surface area contributed by atoms with Crippen molar-refractivity contribution in [2.24, 2.45) is 5.10 Å². The van der Waals surface area contributed by atoms with E-state index in [1.54, 1.807) is 24.3 Å². The molecule has 0 aliphatic heterocycles. The lowest BCUT2D eigenvalue weighted by Crippen LogP contribution is -2.17. The van der Waals surface area contributed by atoms with Gasteiger partial charge in [-0.1, -0.05) is 12.1 Å². The number of nitrogens with zero attached hydrogens (tertiary/aromatic N) is 2. The summed E-state index contributed by atoms with van der Waals surface area (Å²) < 4.78 is 0. The van der Waals surface area contributed by atoms with Crippen LogP contribution >= 0.6 is 0 Å². The largest absolute Gasteiger partial charge is 0.508 e. The average molecular weight is 265 g/mol. The molecule has 1 amide bonds. The van der Waals surface area contributed by atoms with Gasteiger partial charge in [0.05, 0.1) is 17.8 Å². The van der Waals surface area contributed by atoms with Crippen molar-refractivity contribution in [2.45, 2.75) is 0 Å². The van der Waals surface area contributed by atoms with E-state index in [4.69, 9.17) is 10.4 Å². The molecule has 0 fully saturated rings. The first kappa shape index (κ1) is 13.3. The molecule has 2 N–H and O–H groups in total. The Morgan fingerprint density at radius 3 is 2.40 bits per heavy atom. The van der Waals surface area contributed by atoms with Gasteiger partial charge in [0.15, 0.2) is 0 Å². The van der Waals surface area contributed by atoms with Crippen LogP contribution in [0.3, 0.4) is 0 Å². The highest BCUT2D eigenvalue weighted by molar-refractivity contribution is 5.94. The summed E-state index contributed by atoms with van der Waals surface area (Å²) >= 11 is 0. The Bertz CT molecular complexity index is 668. The molecule has 20 heavy (non-hydrogen) atoms. The highest BCUT2D eigenvalue weighted by Gasteiger charge is 2.03. The van der Waals surface area contributed by atoms with Crippen molar-refractivity contribution in [1.82, 2.24) is 5.43 Å². The molecule has 98 valence electrons. The standard InChI is InChI=1S/C15H11N3O2/c16-9-11-1-3-12(4-2-11)10-17-18-15(20)13-5-7-14(19)8-6-13/h1-8,10,19H,(H,18,20)/b17-10-. The molecular weight excluding hydrogens is 254 g/mol. The normalized spacial score (nSPS) is 10.2. The van der Waals surface area contributed by atoms with Crippen LogP contribution in [0.2, 0.25) is 0 Å². The van der Waals surface area contributed by atoms with Crippen LogP contribution in [-0.2, 0) is 0 Å². The molecule has 0 aliphatic carbocycles. The molecule has 0 aromatic heterocycles. The van der Waals surface area contributed by atoms with E-state index in [-0.39, 0.29) is 11.7 Å². The zero-order valence-corrected chi connectivity index (χ0v) is 10.4. The Balaban J connectivity index is 1.97. The molecular formula is C15H11N3O2. The molecule has 0 saturated carbocycles. The van der Waals surface area contributed by atoms with E-state index < -0.39 is 0 Å². The van der Waals surface area contributed by atoms with E-state index >= 15 is 0 Å². The second kappa shape index (κ2) is 6.16. The van der Waals surface area contributed by atoms with E-state index in [0.717, 1.165) is 5.56 Å². The zero-order valence-electron chi connectivity index (χ0n) is 10.4. The van der Waals surface area contributed by atoms with Gasteiger partial charge in [-0.05, 0) is 42.0 Å². The number of hydrazone groups is 1. The summed E-state index contributed by atoms with van der Waals surface area (Å²) in [5.74, 6) is -0.266. The molecule has 0 heterocycles. The van der Waals surface area contributed by atoms with Crippen molar-refractivity contribution in [3.05, 3.63) is 65.2 Å². The van der Waals surface area contributed by atoms with Gasteiger partial charge in [-0.2, -0.15) is 10.4 Å². The molecule has 5 nitrogen and oxygen atoms in total. The lowest BCUT2D eigenvalue weighted by molar-refractivity contribution is 0.0955. The van der Waals surface area contributed by atoms with Gasteiger partial charge in [0.1, 0.15) is 5.75 Å². The lowest BCUT2D eigenvalue weighted by Gasteiger charge is -1.99. The predicted molar refractivity (Wildman–Crippen MR) is 74.3 cm³/mol. The summed E-state index contributed by atoms with van der Waals surface area (Å²) in [7, 11) is 0. The van der Waals surface area contributed by atoms with Crippen LogP contribution in [0.15, 0.2) is 53.6 Å². The second-order valence-electron chi connectivity index (χ2n) is 3.98. The van der Waals surface area contributed by atoms with E-state index in [0.29, 0.717) is 11.1 Å². The molecule has 2 aromatic carbocycles. The second-order valence-corrected chi connectivity index (χ2v) is 3.98. The predicted octanol–water partition coefficient (Wildman–Crippen LogP) is 2.03. The van der Waals surface area contributed by atoms with Gasteiger partial charge < -0.3 is 5.11 Å². The number of phenols is 1. The minimum absolute atomic E-state index is 0.0997. The number of rotatable bonds is 3. The Morgan fingerprint density at radius 1 is 1.15 bits per heavy atom. The quantitative estimate of drug-likeness (QED) is 0.657. The third-order valence-corrected chi connectivity index (χ3v) is 2.55. The van der Waals surface area contributed by atoms with E-state index in [2.05, 4.69) is 10.5 Å². The molecule has 0 aliphatic rings. The van der Waals surface area contributed by atoms with Crippen molar-refractivity contribution in [3.63, 3.8) is 0 Å². The SMILES string of the molecule is N#Cc1ccc(/C=N\NC(=O)c2ccc(O)cc2)cc1. The maximum absolute atomic E-state index is 11.7. The Kier molecular flexibility index (Phi) is 4.10. The number of amides is 1. The van der Waals surface area contributed by atoms with Crippen LogP contribution in [0.25, 0.3) is 0 Å². The molecule has 0 radical (unpaired) electrons. The third kappa shape index (κ3) is 3.43. The summed E-state index contributed by atoms with van der Waals surface area (Å²) in [5, 5.41) is 21.6. The average Bonchev–Trinajstić information content (AvgIpc) is 2.48. The Hall–Kier alpha value is -3.13. The zero-order chi connectivity index (χ0) is 14.4. The number of aromatic hydroxyl groups is 1. The molecule has 2 aromatic rings. The van der Waals surface area contributed by atoms with Gasteiger partial charge >= 0.3 is 0 Å². The first-order chi connectivity index (χ1) is 9.69. The Labute approximate surface area is 115 Å². The van der Waals surface area contributed by atoms with Crippen LogP contribution in [0.1, 0.15) is 21.5 Å². The number of hydrogen-bond donors (Lipinski definition) is 2. The molecule has 0 spiro atoms. The van der Waals surface area contributed by atoms with E-state index in [1.165, 1.54) is 30.5 Å². The van der Waals surface area contributed by atoms with Crippen LogP contribution in [0.5, 0.6) is 5.75 Å². The third-order valence-electron chi connectivity index (χ3n) is 2.55. The van der Waals surface area contributed by atoms with Crippen LogP contribution < -0.4 is 5.43 Å². The molecule has 0 unspecified atom stereocenters. The van der Waals surface area contributed by atoms with Gasteiger partial charge in [0.25, 0.3) is 5.91 Å². The van der Waals surface area contributed by atoms with Crippen molar-refractivity contribution in [2.75, 3.05) is 0 Å². The topological polar surface area (TPSA) is 85.5 Å². The summed E-state index contributed by atoms with van der Waals surface area (Å²) in [4.78, 5) is 11.7. The van der Waals surface area contributed by atoms with Gasteiger partial charge in [0.2, 0.25) is 0 Å². The maximum Gasteiger partial charge on any atom is 0.271 e. The highest BCUT2D eigenvalue weighted by Crippen LogP contribution is 2.09. The fourth-order valence-corrected chi connectivity index (χ4v) is 1.49. The fraction of sp³-hybridized carbons (Fsp3) is 0. The molecule has 0 bridgehead atoms. The number of phenolic OH excluding ortho intramolecular Hbond substituents is 1. The maximum atomic E-state index is 11.7. The number of benzene rings is 2. The highest BCUT2D eigenvalue weighted by atomic mass is 16.3. The number of carbonyl (C=O) groups is 1. The van der Waals surface area contributed by atoms with Gasteiger partial charge in [0, 0.05) is 5.56 Å². The minimum Gasteiger partial charge on any atom is -0.508 e. The first-order valence-corrected chi connectivity index (χ1v) is 5.81. The van der Waals surface area contributed by atoms with Crippen LogP contribution in [-0.4, -0.2) is 17.2 Å². The summed E-state index contributed by atoms with van der Waals surface area (Å²) in [6.45, 7) is 0. The number of nitriles is 1. The van der Waals surface area contributed by atoms with Crippen LogP contribution in [0.4, 0.5) is 0 Å². The summed E-state index contributed by atoms with van der Waals surface area (Å²) in [6.07, 6.45) is 1.49. The Morgan fingerprint density at radius 2 is 1.80 bits per heavy atom. The summed E-state index contributed by atoms with van der Waals surface area (Å²) in [6, 6.07) is 14.7. The number of nitrogens with one attached hydrogen (secondary N) is 1. The molecule has 0 saturated heterocycles. The van der Waals surface area contributed by atoms with E-state index in [1.807, 2.05) is 6.07 Å². The van der Waals surface area contributed by atoms with Crippen molar-refractivity contribution < 1.29 is 9.90 Å². The van der Waals surface area contributed by atoms with Crippen molar-refractivity contribution in [3.8, 4) is 11.8 Å². The number of carbonyl (C=O) groups excluding carboxylic acids is 1. The van der Waals surface area contributed by atoms with Crippen molar-refractivity contribution in [1.29, 1.82) is 5.26 Å². The van der Waals surface area contributed by atoms with Gasteiger partial charge in [-0.3, -0.25) is 4.79 Å². The monoisotopic (exact) mass is 265 g/mol. The van der Waals surface area contributed by atoms with Crippen LogP contribution in [0, 0.1) is 11.3 Å². The molecule has 0 atom stereocenters. The first-order valence-electron chi connectivity index (χ1n) is 5.81. The molecule has 5 heteroatoms. The smallest absolute Gasteiger partial charge is 0.271 e. The lowest BCUT2D eigenvalue weighted by atomic mass is 10.2. The van der Waals surface area contributed by atoms with Gasteiger partial charge in [-0.15, -0.1) is 0 Å².